The Kier molecular flexibility index (Phi) is 3.45. The van der Waals surface area contributed by atoms with Crippen molar-refractivity contribution in [2.45, 2.75) is 18.1 Å². The van der Waals surface area contributed by atoms with Gasteiger partial charge in [0.15, 0.2) is 0 Å². The Labute approximate surface area is 123 Å². The van der Waals surface area contributed by atoms with Crippen molar-refractivity contribution >= 4 is 17.8 Å². The highest BCUT2D eigenvalue weighted by Gasteiger charge is 2.22. The normalized spacial score (nSPS) is 22.9. The Bertz CT molecular complexity index is 412. The van der Waals surface area contributed by atoms with Gasteiger partial charge in [-0.25, -0.2) is 0 Å². The number of nitrogens with one attached hydrogen (secondary N) is 6. The third-order valence-electron chi connectivity index (χ3n) is 3.98. The van der Waals surface area contributed by atoms with Gasteiger partial charge in [0.1, 0.15) is 0 Å². The van der Waals surface area contributed by atoms with Crippen LogP contribution in [0.15, 0.2) is 0 Å². The molecule has 0 aliphatic carbocycles. The number of rotatable bonds is 6. The third kappa shape index (κ3) is 2.99. The molecule has 9 heteroatoms. The van der Waals surface area contributed by atoms with Crippen molar-refractivity contribution in [1.82, 2.24) is 30.9 Å². The number of hydrogen-bond donors (Lipinski definition) is 6. The topological polar surface area (TPSA) is 111 Å². The van der Waals surface area contributed by atoms with Gasteiger partial charge in [0.25, 0.3) is 0 Å². The van der Waals surface area contributed by atoms with Gasteiger partial charge in [0, 0.05) is 39.3 Å². The lowest BCUT2D eigenvalue weighted by Gasteiger charge is -2.31. The van der Waals surface area contributed by atoms with Gasteiger partial charge in [0.05, 0.1) is 18.1 Å². The first-order chi connectivity index (χ1) is 10.3. The Morgan fingerprint density at radius 3 is 1.05 bits per heavy atom. The van der Waals surface area contributed by atoms with Crippen LogP contribution < -0.4 is 31.9 Å². The highest BCUT2D eigenvalue weighted by atomic mass is 15.3. The summed E-state index contributed by atoms with van der Waals surface area (Å²) < 4.78 is 0. The molecular weight excluding hydrogens is 270 g/mol. The average molecular weight is 291 g/mol. The van der Waals surface area contributed by atoms with Crippen LogP contribution in [0.1, 0.15) is 0 Å². The van der Waals surface area contributed by atoms with E-state index in [0.29, 0.717) is 36.0 Å². The summed E-state index contributed by atoms with van der Waals surface area (Å²) in [6, 6.07) is 1.22. The number of nitrogens with zero attached hydrogens (tertiary/aromatic N) is 3. The van der Waals surface area contributed by atoms with Crippen molar-refractivity contribution in [3.05, 3.63) is 0 Å². The molecule has 0 unspecified atom stereocenters. The quantitative estimate of drug-likeness (QED) is 0.355. The molecule has 114 valence electrons. The first kappa shape index (κ1) is 13.0. The standard InChI is InChI=1S/C12H21N9/c1-7(2-13-1)16-10-19-11(17-8-3-14-4-8)21-12(20-10)18-9-5-15-6-9/h7-9,13-15H,1-6H2,(H3,16,17,18,19,20,21). The first-order valence-corrected chi connectivity index (χ1v) is 7.53. The van der Waals surface area contributed by atoms with Gasteiger partial charge in [-0.15, -0.1) is 0 Å². The van der Waals surface area contributed by atoms with E-state index >= 15 is 0 Å². The molecule has 3 saturated heterocycles. The summed E-state index contributed by atoms with van der Waals surface area (Å²) in [4.78, 5) is 13.4. The summed E-state index contributed by atoms with van der Waals surface area (Å²) >= 11 is 0. The zero-order valence-electron chi connectivity index (χ0n) is 11.8. The monoisotopic (exact) mass is 291 g/mol. The molecule has 4 heterocycles. The molecule has 0 aromatic carbocycles. The van der Waals surface area contributed by atoms with E-state index in [1.54, 1.807) is 0 Å². The molecule has 9 nitrogen and oxygen atoms in total. The van der Waals surface area contributed by atoms with E-state index in [1.165, 1.54) is 0 Å². The van der Waals surface area contributed by atoms with E-state index in [-0.39, 0.29) is 0 Å². The number of aromatic nitrogens is 3. The maximum Gasteiger partial charge on any atom is 0.229 e. The zero-order valence-corrected chi connectivity index (χ0v) is 11.8. The minimum atomic E-state index is 0.406. The molecule has 4 rings (SSSR count). The number of hydrogen-bond acceptors (Lipinski definition) is 9. The largest absolute Gasteiger partial charge is 0.349 e. The van der Waals surface area contributed by atoms with Crippen molar-refractivity contribution in [3.63, 3.8) is 0 Å². The fraction of sp³-hybridized carbons (Fsp3) is 0.750. The molecule has 21 heavy (non-hydrogen) atoms. The van der Waals surface area contributed by atoms with E-state index in [1.807, 2.05) is 0 Å². The molecule has 6 N–H and O–H groups in total. The Balaban J connectivity index is 1.48. The molecule has 0 radical (unpaired) electrons. The van der Waals surface area contributed by atoms with Gasteiger partial charge >= 0.3 is 0 Å². The Morgan fingerprint density at radius 1 is 0.571 bits per heavy atom. The maximum atomic E-state index is 4.47. The van der Waals surface area contributed by atoms with Crippen LogP contribution in [0, 0.1) is 0 Å². The highest BCUT2D eigenvalue weighted by molar-refractivity contribution is 5.44. The molecule has 0 amide bonds. The van der Waals surface area contributed by atoms with Gasteiger partial charge < -0.3 is 31.9 Å². The van der Waals surface area contributed by atoms with Crippen molar-refractivity contribution in [3.8, 4) is 0 Å². The fourth-order valence-corrected chi connectivity index (χ4v) is 2.29. The van der Waals surface area contributed by atoms with Crippen LogP contribution in [0.25, 0.3) is 0 Å². The summed E-state index contributed by atoms with van der Waals surface area (Å²) in [7, 11) is 0. The van der Waals surface area contributed by atoms with Crippen molar-refractivity contribution < 1.29 is 0 Å². The zero-order chi connectivity index (χ0) is 14.1. The summed E-state index contributed by atoms with van der Waals surface area (Å²) in [5, 5.41) is 19.7. The van der Waals surface area contributed by atoms with E-state index in [9.17, 15) is 0 Å². The van der Waals surface area contributed by atoms with Crippen molar-refractivity contribution in [1.29, 1.82) is 0 Å². The molecule has 1 aromatic rings. The van der Waals surface area contributed by atoms with Crippen LogP contribution in [0.2, 0.25) is 0 Å². The van der Waals surface area contributed by atoms with Crippen LogP contribution in [-0.4, -0.2) is 72.3 Å². The predicted octanol–water partition coefficient (Wildman–Crippen LogP) is -1.98. The SMILES string of the molecule is C1NCC1Nc1nc(NC2CNC2)nc(NC2CNC2)n1. The van der Waals surface area contributed by atoms with E-state index < -0.39 is 0 Å². The van der Waals surface area contributed by atoms with Gasteiger partial charge in [-0.1, -0.05) is 0 Å². The summed E-state index contributed by atoms with van der Waals surface area (Å²) in [6.07, 6.45) is 0. The van der Waals surface area contributed by atoms with Crippen LogP contribution in [-0.2, 0) is 0 Å². The summed E-state index contributed by atoms with van der Waals surface area (Å²) in [5.74, 6) is 1.92. The minimum Gasteiger partial charge on any atom is -0.349 e. The lowest BCUT2D eigenvalue weighted by atomic mass is 10.2. The predicted molar refractivity (Wildman–Crippen MR) is 80.7 cm³/mol. The molecule has 0 spiro atoms. The molecule has 0 atom stereocenters. The first-order valence-electron chi connectivity index (χ1n) is 7.53. The lowest BCUT2D eigenvalue weighted by Crippen LogP contribution is -2.53. The Hall–Kier alpha value is -1.71. The summed E-state index contributed by atoms with van der Waals surface area (Å²) in [5.41, 5.74) is 0. The lowest BCUT2D eigenvalue weighted by molar-refractivity contribution is 0.463. The molecule has 3 aliphatic heterocycles. The molecule has 3 fully saturated rings. The van der Waals surface area contributed by atoms with Gasteiger partial charge in [-0.05, 0) is 0 Å². The van der Waals surface area contributed by atoms with Gasteiger partial charge in [-0.2, -0.15) is 15.0 Å². The fourth-order valence-electron chi connectivity index (χ4n) is 2.29. The maximum absolute atomic E-state index is 4.47. The van der Waals surface area contributed by atoms with Gasteiger partial charge in [0.2, 0.25) is 17.8 Å². The molecule has 3 aliphatic rings. The third-order valence-corrected chi connectivity index (χ3v) is 3.98. The van der Waals surface area contributed by atoms with Crippen LogP contribution in [0.5, 0.6) is 0 Å². The van der Waals surface area contributed by atoms with E-state index in [4.69, 9.17) is 0 Å². The molecular formula is C12H21N9. The highest BCUT2D eigenvalue weighted by Crippen LogP contribution is 2.14. The minimum absolute atomic E-state index is 0.406. The average Bonchev–Trinajstić information content (AvgIpc) is 2.34. The molecule has 1 aromatic heterocycles. The second-order valence-corrected chi connectivity index (χ2v) is 5.80. The molecule has 0 bridgehead atoms. The second kappa shape index (κ2) is 5.58. The van der Waals surface area contributed by atoms with Crippen LogP contribution in [0.4, 0.5) is 17.8 Å². The number of anilines is 3. The van der Waals surface area contributed by atoms with E-state index in [2.05, 4.69) is 46.9 Å². The van der Waals surface area contributed by atoms with Crippen molar-refractivity contribution in [2.75, 3.05) is 55.2 Å². The van der Waals surface area contributed by atoms with E-state index in [0.717, 1.165) is 39.3 Å². The smallest absolute Gasteiger partial charge is 0.229 e. The molecule has 0 saturated carbocycles. The van der Waals surface area contributed by atoms with Crippen LogP contribution in [0.3, 0.4) is 0 Å². The van der Waals surface area contributed by atoms with Crippen LogP contribution >= 0.6 is 0 Å². The Morgan fingerprint density at radius 2 is 0.857 bits per heavy atom. The van der Waals surface area contributed by atoms with Crippen molar-refractivity contribution in [2.24, 2.45) is 0 Å². The second-order valence-electron chi connectivity index (χ2n) is 5.80. The van der Waals surface area contributed by atoms with Gasteiger partial charge in [-0.3, -0.25) is 0 Å². The summed E-state index contributed by atoms with van der Waals surface area (Å²) in [6.45, 7) is 5.73.